The van der Waals surface area contributed by atoms with E-state index in [2.05, 4.69) is 10.1 Å². The van der Waals surface area contributed by atoms with Gasteiger partial charge in [-0.1, -0.05) is 12.1 Å². The van der Waals surface area contributed by atoms with Crippen molar-refractivity contribution in [1.82, 2.24) is 5.32 Å². The molecule has 0 aliphatic heterocycles. The Labute approximate surface area is 121 Å². The minimum absolute atomic E-state index is 0.0706. The minimum atomic E-state index is -2.89. The summed E-state index contributed by atoms with van der Waals surface area (Å²) in [5.41, 5.74) is 0.604. The smallest absolute Gasteiger partial charge is 0.387 e. The molecule has 0 atom stereocenters. The fourth-order valence-electron chi connectivity index (χ4n) is 1.93. The maximum absolute atomic E-state index is 12.6. The Balaban J connectivity index is 2.07. The molecule has 4 nitrogen and oxygen atoms in total. The number of halogens is 2. The van der Waals surface area contributed by atoms with Gasteiger partial charge in [-0.2, -0.15) is 8.78 Å². The van der Waals surface area contributed by atoms with Crippen LogP contribution >= 0.6 is 0 Å². The van der Waals surface area contributed by atoms with E-state index in [1.165, 1.54) is 0 Å². The molecule has 1 N–H and O–H groups in total. The number of rotatable bonds is 8. The third-order valence-corrected chi connectivity index (χ3v) is 2.76. The zero-order chi connectivity index (χ0) is 15.1. The third kappa shape index (κ3) is 4.46. The van der Waals surface area contributed by atoms with E-state index >= 15 is 0 Å². The fraction of sp³-hybridized carbons (Fsp3) is 0.333. The van der Waals surface area contributed by atoms with E-state index in [0.29, 0.717) is 31.0 Å². The molecular formula is C15H17F2NO3. The Bertz CT molecular complexity index is 544. The Morgan fingerprint density at radius 3 is 2.71 bits per heavy atom. The second kappa shape index (κ2) is 7.64. The third-order valence-electron chi connectivity index (χ3n) is 2.76. The van der Waals surface area contributed by atoms with Crippen LogP contribution in [0.1, 0.15) is 18.2 Å². The van der Waals surface area contributed by atoms with Gasteiger partial charge in [0, 0.05) is 12.1 Å². The lowest BCUT2D eigenvalue weighted by Gasteiger charge is -2.15. The first kappa shape index (κ1) is 15.3. The standard InChI is InChI=1S/C15H17F2NO3/c1-2-19-13-7-3-5-11(14(13)21-15(16)17)9-18-10-12-6-4-8-20-12/h3-8,15,18H,2,9-10H2,1H3. The van der Waals surface area contributed by atoms with Crippen LogP contribution in [0, 0.1) is 0 Å². The normalized spacial score (nSPS) is 10.9. The molecular weight excluding hydrogens is 280 g/mol. The molecule has 21 heavy (non-hydrogen) atoms. The first-order valence-electron chi connectivity index (χ1n) is 6.63. The molecule has 2 aromatic rings. The molecule has 2 rings (SSSR count). The SMILES string of the molecule is CCOc1cccc(CNCc2ccco2)c1OC(F)F. The summed E-state index contributed by atoms with van der Waals surface area (Å²) in [6.45, 7) is 0.135. The van der Waals surface area contributed by atoms with Crippen molar-refractivity contribution in [2.24, 2.45) is 0 Å². The summed E-state index contributed by atoms with van der Waals surface area (Å²) < 4.78 is 40.2. The monoisotopic (exact) mass is 297 g/mol. The van der Waals surface area contributed by atoms with Crippen molar-refractivity contribution in [3.8, 4) is 11.5 Å². The Hall–Kier alpha value is -2.08. The van der Waals surface area contributed by atoms with Crippen LogP contribution in [0.5, 0.6) is 11.5 Å². The van der Waals surface area contributed by atoms with Gasteiger partial charge < -0.3 is 19.2 Å². The summed E-state index contributed by atoms with van der Waals surface area (Å²) in [4.78, 5) is 0. The maximum Gasteiger partial charge on any atom is 0.387 e. The van der Waals surface area contributed by atoms with Crippen molar-refractivity contribution in [2.75, 3.05) is 6.61 Å². The number of benzene rings is 1. The van der Waals surface area contributed by atoms with Gasteiger partial charge in [0.2, 0.25) is 0 Å². The minimum Gasteiger partial charge on any atom is -0.490 e. The number of furan rings is 1. The molecule has 0 bridgehead atoms. The number of para-hydroxylation sites is 1. The van der Waals surface area contributed by atoms with Gasteiger partial charge in [-0.3, -0.25) is 0 Å². The maximum atomic E-state index is 12.6. The van der Waals surface area contributed by atoms with Crippen LogP contribution in [-0.4, -0.2) is 13.2 Å². The molecule has 0 aliphatic rings. The molecule has 0 amide bonds. The van der Waals surface area contributed by atoms with E-state index in [0.717, 1.165) is 5.76 Å². The van der Waals surface area contributed by atoms with Gasteiger partial charge in [0.1, 0.15) is 5.76 Å². The predicted molar refractivity (Wildman–Crippen MR) is 73.5 cm³/mol. The van der Waals surface area contributed by atoms with E-state index in [4.69, 9.17) is 9.15 Å². The van der Waals surface area contributed by atoms with Gasteiger partial charge >= 0.3 is 6.61 Å². The molecule has 0 radical (unpaired) electrons. The van der Waals surface area contributed by atoms with E-state index in [1.54, 1.807) is 37.5 Å². The molecule has 0 saturated heterocycles. The Morgan fingerprint density at radius 2 is 2.05 bits per heavy atom. The van der Waals surface area contributed by atoms with Gasteiger partial charge in [0.15, 0.2) is 11.5 Å². The summed E-state index contributed by atoms with van der Waals surface area (Å²) in [7, 11) is 0. The molecule has 1 heterocycles. The highest BCUT2D eigenvalue weighted by molar-refractivity contribution is 5.46. The molecule has 0 spiro atoms. The van der Waals surface area contributed by atoms with Crippen molar-refractivity contribution < 1.29 is 22.7 Å². The van der Waals surface area contributed by atoms with Crippen molar-refractivity contribution in [1.29, 1.82) is 0 Å². The highest BCUT2D eigenvalue weighted by Gasteiger charge is 2.15. The van der Waals surface area contributed by atoms with Gasteiger partial charge in [-0.05, 0) is 25.1 Å². The van der Waals surface area contributed by atoms with Gasteiger partial charge in [0.05, 0.1) is 19.4 Å². The quantitative estimate of drug-likeness (QED) is 0.809. The number of hydrogen-bond acceptors (Lipinski definition) is 4. The van der Waals surface area contributed by atoms with Crippen LogP contribution in [0.3, 0.4) is 0 Å². The van der Waals surface area contributed by atoms with E-state index < -0.39 is 6.61 Å². The van der Waals surface area contributed by atoms with Crippen LogP contribution in [0.2, 0.25) is 0 Å². The molecule has 0 aliphatic carbocycles. The number of nitrogens with one attached hydrogen (secondary N) is 1. The Kier molecular flexibility index (Phi) is 5.57. The largest absolute Gasteiger partial charge is 0.490 e. The summed E-state index contributed by atoms with van der Waals surface area (Å²) in [5.74, 6) is 1.16. The van der Waals surface area contributed by atoms with Crippen molar-refractivity contribution in [3.05, 3.63) is 47.9 Å². The molecule has 0 unspecified atom stereocenters. The average molecular weight is 297 g/mol. The summed E-state index contributed by atoms with van der Waals surface area (Å²) in [6, 6.07) is 8.69. The first-order valence-corrected chi connectivity index (χ1v) is 6.63. The summed E-state index contributed by atoms with van der Waals surface area (Å²) in [6.07, 6.45) is 1.58. The molecule has 0 fully saturated rings. The summed E-state index contributed by atoms with van der Waals surface area (Å²) >= 11 is 0. The van der Waals surface area contributed by atoms with Crippen LogP contribution in [0.15, 0.2) is 41.0 Å². The van der Waals surface area contributed by atoms with Crippen molar-refractivity contribution in [3.63, 3.8) is 0 Å². The van der Waals surface area contributed by atoms with Gasteiger partial charge in [0.25, 0.3) is 0 Å². The highest BCUT2D eigenvalue weighted by atomic mass is 19.3. The second-order valence-corrected chi connectivity index (χ2v) is 4.24. The Morgan fingerprint density at radius 1 is 1.19 bits per heavy atom. The van der Waals surface area contributed by atoms with Crippen LogP contribution in [0.25, 0.3) is 0 Å². The molecule has 1 aromatic heterocycles. The zero-order valence-electron chi connectivity index (χ0n) is 11.6. The molecule has 0 saturated carbocycles. The molecule has 1 aromatic carbocycles. The number of hydrogen-bond donors (Lipinski definition) is 1. The lowest BCUT2D eigenvalue weighted by Crippen LogP contribution is -2.15. The fourth-order valence-corrected chi connectivity index (χ4v) is 1.93. The van der Waals surface area contributed by atoms with Gasteiger partial charge in [-0.25, -0.2) is 0 Å². The molecule has 6 heteroatoms. The van der Waals surface area contributed by atoms with E-state index in [1.807, 2.05) is 6.07 Å². The van der Waals surface area contributed by atoms with Crippen molar-refractivity contribution in [2.45, 2.75) is 26.6 Å². The number of alkyl halides is 2. The van der Waals surface area contributed by atoms with E-state index in [9.17, 15) is 8.78 Å². The van der Waals surface area contributed by atoms with Crippen LogP contribution in [-0.2, 0) is 13.1 Å². The van der Waals surface area contributed by atoms with Crippen LogP contribution < -0.4 is 14.8 Å². The summed E-state index contributed by atoms with van der Waals surface area (Å²) in [5, 5.41) is 3.11. The second-order valence-electron chi connectivity index (χ2n) is 4.24. The predicted octanol–water partition coefficient (Wildman–Crippen LogP) is 3.57. The average Bonchev–Trinajstić information content (AvgIpc) is 2.95. The van der Waals surface area contributed by atoms with Gasteiger partial charge in [-0.15, -0.1) is 0 Å². The lowest BCUT2D eigenvalue weighted by molar-refractivity contribution is -0.0521. The van der Waals surface area contributed by atoms with Crippen LogP contribution in [0.4, 0.5) is 8.78 Å². The number of ether oxygens (including phenoxy) is 2. The topological polar surface area (TPSA) is 43.6 Å². The highest BCUT2D eigenvalue weighted by Crippen LogP contribution is 2.32. The van der Waals surface area contributed by atoms with E-state index in [-0.39, 0.29) is 5.75 Å². The first-order chi connectivity index (χ1) is 10.2. The zero-order valence-corrected chi connectivity index (χ0v) is 11.6. The lowest BCUT2D eigenvalue weighted by atomic mass is 10.2. The van der Waals surface area contributed by atoms with Crippen molar-refractivity contribution >= 4 is 0 Å². The molecule has 114 valence electrons.